The average molecular weight is 348 g/mol. The number of nitrogens with zero attached hydrogens (tertiary/aromatic N) is 2. The topological polar surface area (TPSA) is 35.6 Å². The van der Waals surface area contributed by atoms with Crippen molar-refractivity contribution in [2.24, 2.45) is 0 Å². The molecule has 1 saturated heterocycles. The number of nitrogens with one attached hydrogen (secondary N) is 1. The van der Waals surface area contributed by atoms with Crippen LogP contribution in [0, 0.1) is 0 Å². The van der Waals surface area contributed by atoms with Crippen molar-refractivity contribution >= 4 is 40.6 Å². The van der Waals surface area contributed by atoms with Crippen LogP contribution in [0.1, 0.15) is 42.5 Å². The second-order valence-electron chi connectivity index (χ2n) is 6.04. The molecule has 6 heteroatoms. The number of carbonyl (C=O) groups excluding carboxylic acids is 1. The third kappa shape index (κ3) is 3.70. The zero-order valence-electron chi connectivity index (χ0n) is 13.0. The van der Waals surface area contributed by atoms with Gasteiger partial charge in [0.2, 0.25) is 0 Å². The van der Waals surface area contributed by atoms with E-state index < -0.39 is 0 Å². The number of rotatable bonds is 2. The molecule has 0 radical (unpaired) electrons. The number of benzene rings is 1. The Balaban J connectivity index is 1.62. The van der Waals surface area contributed by atoms with Crippen molar-refractivity contribution in [3.8, 4) is 0 Å². The number of hydrogen-bond donors (Lipinski definition) is 1. The highest BCUT2D eigenvalue weighted by atomic mass is 32.1. The summed E-state index contributed by atoms with van der Waals surface area (Å²) in [5, 5.41) is 4.59. The van der Waals surface area contributed by atoms with Gasteiger partial charge in [-0.3, -0.25) is 14.6 Å². The van der Waals surface area contributed by atoms with Crippen LogP contribution in [0.5, 0.6) is 0 Å². The molecule has 4 nitrogen and oxygen atoms in total. The van der Waals surface area contributed by atoms with Crippen LogP contribution in [-0.4, -0.2) is 45.1 Å². The Hall–Kier alpha value is -1.53. The summed E-state index contributed by atoms with van der Waals surface area (Å²) >= 11 is 11.0. The molecule has 1 aliphatic carbocycles. The first-order valence-corrected chi connectivity index (χ1v) is 8.97. The number of carbonyl (C=O) groups is 1. The summed E-state index contributed by atoms with van der Waals surface area (Å²) in [5.74, 6) is -0.0569. The molecule has 2 fully saturated rings. The minimum atomic E-state index is -0.0569. The number of hydrogen-bond acceptors (Lipinski definition) is 3. The van der Waals surface area contributed by atoms with Crippen molar-refractivity contribution in [1.29, 1.82) is 0 Å². The largest absolute Gasteiger partial charge is 0.359 e. The van der Waals surface area contributed by atoms with E-state index in [4.69, 9.17) is 24.4 Å². The zero-order chi connectivity index (χ0) is 16.2. The summed E-state index contributed by atoms with van der Waals surface area (Å²) in [6, 6.07) is 9.68. The Labute approximate surface area is 147 Å². The maximum atomic E-state index is 12.6. The van der Waals surface area contributed by atoms with E-state index in [1.165, 1.54) is 19.3 Å². The van der Waals surface area contributed by atoms with Crippen molar-refractivity contribution in [3.05, 3.63) is 35.9 Å². The molecule has 1 saturated carbocycles. The standard InChI is InChI=1S/C17H21N3OS2/c21-15(13-7-3-1-4-8-13)19-11-12-20(17(19)23)16(22)18-14-9-5-2-6-10-14/h1,3-4,7-8,14H,2,5-6,9-12H2,(H,18,22). The number of thiocarbonyl (C=S) groups is 2. The molecule has 0 aromatic heterocycles. The molecule has 1 N–H and O–H groups in total. The first-order valence-electron chi connectivity index (χ1n) is 8.16. The molecule has 1 aromatic rings. The molecule has 2 aliphatic rings. The fraction of sp³-hybridized carbons (Fsp3) is 0.471. The third-order valence-electron chi connectivity index (χ3n) is 4.45. The average Bonchev–Trinajstić information content (AvgIpc) is 2.97. The van der Waals surface area contributed by atoms with Crippen LogP contribution in [-0.2, 0) is 0 Å². The predicted molar refractivity (Wildman–Crippen MR) is 99.4 cm³/mol. The zero-order valence-corrected chi connectivity index (χ0v) is 14.7. The van der Waals surface area contributed by atoms with E-state index in [9.17, 15) is 4.79 Å². The smallest absolute Gasteiger partial charge is 0.260 e. The van der Waals surface area contributed by atoms with Crippen LogP contribution >= 0.6 is 24.4 Å². The van der Waals surface area contributed by atoms with Gasteiger partial charge in [-0.05, 0) is 49.4 Å². The molecule has 0 bridgehead atoms. The lowest BCUT2D eigenvalue weighted by Gasteiger charge is -2.28. The molecular formula is C17H21N3OS2. The van der Waals surface area contributed by atoms with E-state index in [2.05, 4.69) is 5.32 Å². The van der Waals surface area contributed by atoms with Gasteiger partial charge in [-0.1, -0.05) is 37.5 Å². The van der Waals surface area contributed by atoms with E-state index in [0.29, 0.717) is 34.9 Å². The van der Waals surface area contributed by atoms with Crippen LogP contribution < -0.4 is 5.32 Å². The molecule has 23 heavy (non-hydrogen) atoms. The lowest BCUT2D eigenvalue weighted by molar-refractivity contribution is 0.0861. The van der Waals surface area contributed by atoms with Crippen molar-refractivity contribution in [2.75, 3.05) is 13.1 Å². The van der Waals surface area contributed by atoms with Crippen LogP contribution in [0.4, 0.5) is 0 Å². The van der Waals surface area contributed by atoms with E-state index in [1.807, 2.05) is 35.2 Å². The van der Waals surface area contributed by atoms with Crippen LogP contribution in [0.2, 0.25) is 0 Å². The van der Waals surface area contributed by atoms with Gasteiger partial charge in [0.1, 0.15) is 0 Å². The van der Waals surface area contributed by atoms with E-state index >= 15 is 0 Å². The Kier molecular flexibility index (Phi) is 5.23. The molecule has 3 rings (SSSR count). The van der Waals surface area contributed by atoms with Crippen molar-refractivity contribution in [2.45, 2.75) is 38.1 Å². The highest BCUT2D eigenvalue weighted by molar-refractivity contribution is 7.81. The molecule has 0 spiro atoms. The summed E-state index contributed by atoms with van der Waals surface area (Å²) in [4.78, 5) is 16.1. The molecule has 1 aliphatic heterocycles. The van der Waals surface area contributed by atoms with E-state index in [1.54, 1.807) is 4.90 Å². The van der Waals surface area contributed by atoms with Gasteiger partial charge in [0, 0.05) is 24.7 Å². The van der Waals surface area contributed by atoms with Gasteiger partial charge in [0.05, 0.1) is 0 Å². The summed E-state index contributed by atoms with van der Waals surface area (Å²) in [6.07, 6.45) is 6.14. The van der Waals surface area contributed by atoms with Crippen molar-refractivity contribution < 1.29 is 4.79 Å². The maximum Gasteiger partial charge on any atom is 0.260 e. The minimum absolute atomic E-state index is 0.0569. The maximum absolute atomic E-state index is 12.6. The van der Waals surface area contributed by atoms with Crippen LogP contribution in [0.15, 0.2) is 30.3 Å². The Morgan fingerprint density at radius 3 is 2.39 bits per heavy atom. The second-order valence-corrected chi connectivity index (χ2v) is 6.79. The quantitative estimate of drug-likeness (QED) is 0.833. The van der Waals surface area contributed by atoms with E-state index in [0.717, 1.165) is 12.8 Å². The summed E-state index contributed by atoms with van der Waals surface area (Å²) in [6.45, 7) is 1.25. The SMILES string of the molecule is O=C(c1ccccc1)N1CCN(C(=S)NC2CCCCC2)C1=S. The normalized spacial score (nSPS) is 19.0. The highest BCUT2D eigenvalue weighted by Crippen LogP contribution is 2.19. The summed E-state index contributed by atoms with van der Waals surface area (Å²) < 4.78 is 0. The minimum Gasteiger partial charge on any atom is -0.359 e. The van der Waals surface area contributed by atoms with Gasteiger partial charge in [0.25, 0.3) is 5.91 Å². The van der Waals surface area contributed by atoms with Crippen molar-refractivity contribution in [1.82, 2.24) is 15.1 Å². The third-order valence-corrected chi connectivity index (χ3v) is 5.23. The molecule has 1 aromatic carbocycles. The fourth-order valence-electron chi connectivity index (χ4n) is 3.15. The molecule has 122 valence electrons. The molecule has 1 amide bonds. The Morgan fingerprint density at radius 1 is 1.04 bits per heavy atom. The van der Waals surface area contributed by atoms with Gasteiger partial charge in [-0.25, -0.2) is 0 Å². The Bertz CT molecular complexity index is 599. The van der Waals surface area contributed by atoms with E-state index in [-0.39, 0.29) is 5.91 Å². The van der Waals surface area contributed by atoms with Crippen LogP contribution in [0.3, 0.4) is 0 Å². The molecule has 0 atom stereocenters. The lowest BCUT2D eigenvalue weighted by atomic mass is 9.96. The van der Waals surface area contributed by atoms with Gasteiger partial charge in [0.15, 0.2) is 10.2 Å². The molecule has 1 heterocycles. The van der Waals surface area contributed by atoms with Crippen molar-refractivity contribution in [3.63, 3.8) is 0 Å². The molecule has 0 unspecified atom stereocenters. The van der Waals surface area contributed by atoms with Gasteiger partial charge < -0.3 is 5.32 Å². The first-order chi connectivity index (χ1) is 11.2. The number of amides is 1. The fourth-order valence-corrected chi connectivity index (χ4v) is 3.91. The second kappa shape index (κ2) is 7.36. The van der Waals surface area contributed by atoms with Crippen LogP contribution in [0.25, 0.3) is 0 Å². The van der Waals surface area contributed by atoms with Gasteiger partial charge >= 0.3 is 0 Å². The highest BCUT2D eigenvalue weighted by Gasteiger charge is 2.33. The lowest BCUT2D eigenvalue weighted by Crippen LogP contribution is -2.47. The summed E-state index contributed by atoms with van der Waals surface area (Å²) in [5.41, 5.74) is 0.655. The predicted octanol–water partition coefficient (Wildman–Crippen LogP) is 2.94. The first kappa shape index (κ1) is 16.3. The van der Waals surface area contributed by atoms with Gasteiger partial charge in [-0.15, -0.1) is 0 Å². The molecular weight excluding hydrogens is 326 g/mol. The monoisotopic (exact) mass is 347 g/mol. The Morgan fingerprint density at radius 2 is 1.70 bits per heavy atom. The summed E-state index contributed by atoms with van der Waals surface area (Å²) in [7, 11) is 0. The van der Waals surface area contributed by atoms with Gasteiger partial charge in [-0.2, -0.15) is 0 Å².